The number of hydrogen-bond donors (Lipinski definition) is 2. The van der Waals surface area contributed by atoms with Crippen molar-refractivity contribution in [2.75, 3.05) is 6.54 Å². The largest absolute Gasteiger partial charge is 0.508 e. The van der Waals surface area contributed by atoms with Crippen molar-refractivity contribution in [3.63, 3.8) is 0 Å². The number of rotatable bonds is 5. The van der Waals surface area contributed by atoms with Gasteiger partial charge in [0.15, 0.2) is 0 Å². The summed E-state index contributed by atoms with van der Waals surface area (Å²) in [5, 5.41) is 22.5. The van der Waals surface area contributed by atoms with E-state index in [-0.39, 0.29) is 6.04 Å². The number of aromatic hydroxyl groups is 1. The maximum absolute atomic E-state index is 12.1. The lowest BCUT2D eigenvalue weighted by molar-refractivity contribution is -0.00678. The molecule has 1 aliphatic rings. The number of hydrogen-bond acceptors (Lipinski definition) is 3. The zero-order valence-corrected chi connectivity index (χ0v) is 16.3. The van der Waals surface area contributed by atoms with Crippen LogP contribution in [-0.4, -0.2) is 27.7 Å². The van der Waals surface area contributed by atoms with Gasteiger partial charge >= 0.3 is 0 Å². The molecule has 1 aliphatic heterocycles. The molecular weight excluding hydrogens is 346 g/mol. The van der Waals surface area contributed by atoms with Crippen LogP contribution in [-0.2, 0) is 12.1 Å². The van der Waals surface area contributed by atoms with Gasteiger partial charge in [-0.2, -0.15) is 0 Å². The third kappa shape index (κ3) is 3.32. The first kappa shape index (κ1) is 18.7. The van der Waals surface area contributed by atoms with Crippen molar-refractivity contribution in [3.8, 4) is 5.75 Å². The molecule has 0 aliphatic carbocycles. The van der Waals surface area contributed by atoms with Gasteiger partial charge in [0.05, 0.1) is 0 Å². The monoisotopic (exact) mass is 373 g/mol. The minimum Gasteiger partial charge on any atom is -0.508 e. The summed E-state index contributed by atoms with van der Waals surface area (Å²) >= 11 is 0. The molecule has 144 valence electrons. The van der Waals surface area contributed by atoms with Gasteiger partial charge in [-0.05, 0) is 49.1 Å². The first-order valence-corrected chi connectivity index (χ1v) is 9.95. The molecule has 3 nitrogen and oxygen atoms in total. The lowest BCUT2D eigenvalue weighted by atomic mass is 9.79. The molecule has 28 heavy (non-hydrogen) atoms. The number of nitrogens with zero attached hydrogens (tertiary/aromatic N) is 1. The number of benzene rings is 3. The van der Waals surface area contributed by atoms with Crippen molar-refractivity contribution in [1.82, 2.24) is 4.90 Å². The predicted octanol–water partition coefficient (Wildman–Crippen LogP) is 4.60. The second kappa shape index (κ2) is 7.78. The van der Waals surface area contributed by atoms with Crippen LogP contribution < -0.4 is 0 Å². The van der Waals surface area contributed by atoms with Crippen molar-refractivity contribution in [3.05, 3.63) is 101 Å². The van der Waals surface area contributed by atoms with E-state index in [9.17, 15) is 10.2 Å². The molecule has 2 N–H and O–H groups in total. The Morgan fingerprint density at radius 2 is 1.50 bits per heavy atom. The maximum Gasteiger partial charge on any atom is 0.130 e. The van der Waals surface area contributed by atoms with Gasteiger partial charge in [0.2, 0.25) is 0 Å². The molecule has 0 amide bonds. The van der Waals surface area contributed by atoms with Gasteiger partial charge in [0, 0.05) is 18.2 Å². The second-order valence-corrected chi connectivity index (χ2v) is 7.70. The van der Waals surface area contributed by atoms with Crippen LogP contribution in [0.2, 0.25) is 0 Å². The van der Waals surface area contributed by atoms with Crippen LogP contribution >= 0.6 is 0 Å². The molecule has 0 bridgehead atoms. The van der Waals surface area contributed by atoms with E-state index >= 15 is 0 Å². The van der Waals surface area contributed by atoms with Gasteiger partial charge in [0.25, 0.3) is 0 Å². The lowest BCUT2D eigenvalue weighted by Crippen LogP contribution is -2.48. The average Bonchev–Trinajstić information content (AvgIpc) is 3.20. The third-order valence-corrected chi connectivity index (χ3v) is 6.02. The summed E-state index contributed by atoms with van der Waals surface area (Å²) in [7, 11) is 0. The highest BCUT2D eigenvalue weighted by Crippen LogP contribution is 2.41. The van der Waals surface area contributed by atoms with Crippen LogP contribution in [0.3, 0.4) is 0 Å². The van der Waals surface area contributed by atoms with E-state index in [0.29, 0.717) is 12.3 Å². The zero-order valence-electron chi connectivity index (χ0n) is 16.3. The van der Waals surface area contributed by atoms with E-state index in [1.54, 1.807) is 6.07 Å². The number of phenols is 1. The topological polar surface area (TPSA) is 43.7 Å². The Kier molecular flexibility index (Phi) is 5.21. The minimum atomic E-state index is -1.10. The molecule has 0 spiro atoms. The Morgan fingerprint density at radius 3 is 2.07 bits per heavy atom. The Labute approximate surface area is 166 Å². The fourth-order valence-corrected chi connectivity index (χ4v) is 4.52. The molecule has 0 aromatic heterocycles. The zero-order chi connectivity index (χ0) is 19.6. The van der Waals surface area contributed by atoms with E-state index in [2.05, 4.69) is 4.90 Å². The highest BCUT2D eigenvalue weighted by molar-refractivity contribution is 5.41. The van der Waals surface area contributed by atoms with E-state index in [1.807, 2.05) is 79.7 Å². The summed E-state index contributed by atoms with van der Waals surface area (Å²) in [6.45, 7) is 3.56. The average molecular weight is 373 g/mol. The summed E-state index contributed by atoms with van der Waals surface area (Å²) in [5.41, 5.74) is 2.74. The highest BCUT2D eigenvalue weighted by Gasteiger charge is 2.45. The number of aliphatic hydroxyl groups is 1. The minimum absolute atomic E-state index is 0.0590. The predicted molar refractivity (Wildman–Crippen MR) is 112 cm³/mol. The fourth-order valence-electron chi connectivity index (χ4n) is 4.52. The van der Waals surface area contributed by atoms with E-state index in [1.165, 1.54) is 0 Å². The van der Waals surface area contributed by atoms with Crippen LogP contribution in [0.25, 0.3) is 0 Å². The van der Waals surface area contributed by atoms with Crippen molar-refractivity contribution in [2.45, 2.75) is 38.0 Å². The Bertz CT molecular complexity index is 864. The molecule has 0 saturated carbocycles. The van der Waals surface area contributed by atoms with Crippen LogP contribution in [0, 0.1) is 6.92 Å². The second-order valence-electron chi connectivity index (χ2n) is 7.70. The first-order valence-electron chi connectivity index (χ1n) is 9.95. The van der Waals surface area contributed by atoms with Gasteiger partial charge in [-0.25, -0.2) is 0 Å². The fraction of sp³-hybridized carbons (Fsp3) is 0.280. The van der Waals surface area contributed by atoms with Crippen molar-refractivity contribution in [2.24, 2.45) is 0 Å². The van der Waals surface area contributed by atoms with Crippen molar-refractivity contribution < 1.29 is 10.2 Å². The molecule has 0 radical (unpaired) electrons. The molecule has 1 heterocycles. The SMILES string of the molecule is Cc1cccc(O)c1CN1CCC[C@H]1C(O)(c1ccccc1)c1ccccc1. The number of phenolic OH excluding ortho intramolecular Hbond substituents is 1. The third-order valence-electron chi connectivity index (χ3n) is 6.02. The van der Waals surface area contributed by atoms with Gasteiger partial charge < -0.3 is 10.2 Å². The van der Waals surface area contributed by atoms with Gasteiger partial charge in [0.1, 0.15) is 11.4 Å². The van der Waals surface area contributed by atoms with Crippen LogP contribution in [0.15, 0.2) is 78.9 Å². The normalized spacial score (nSPS) is 17.7. The summed E-state index contributed by atoms with van der Waals surface area (Å²) in [4.78, 5) is 2.32. The smallest absolute Gasteiger partial charge is 0.130 e. The van der Waals surface area contributed by atoms with Crippen LogP contribution in [0.4, 0.5) is 0 Å². The standard InChI is InChI=1S/C25H27NO2/c1-19-10-8-15-23(27)22(19)18-26-17-9-16-24(26)25(28,20-11-4-2-5-12-20)21-13-6-3-7-14-21/h2-8,10-15,24,27-28H,9,16-18H2,1H3/t24-/m0/s1. The van der Waals surface area contributed by atoms with Gasteiger partial charge in [-0.15, -0.1) is 0 Å². The van der Waals surface area contributed by atoms with E-state index in [0.717, 1.165) is 41.6 Å². The Morgan fingerprint density at radius 1 is 0.893 bits per heavy atom. The number of aryl methyl sites for hydroxylation is 1. The first-order chi connectivity index (χ1) is 13.6. The summed E-state index contributed by atoms with van der Waals surface area (Å²) in [6, 6.07) is 25.5. The van der Waals surface area contributed by atoms with E-state index < -0.39 is 5.60 Å². The van der Waals surface area contributed by atoms with Gasteiger partial charge in [-0.3, -0.25) is 4.90 Å². The van der Waals surface area contributed by atoms with Gasteiger partial charge in [-0.1, -0.05) is 72.8 Å². The Hall–Kier alpha value is -2.62. The molecule has 0 unspecified atom stereocenters. The van der Waals surface area contributed by atoms with E-state index in [4.69, 9.17) is 0 Å². The highest BCUT2D eigenvalue weighted by atomic mass is 16.3. The maximum atomic E-state index is 12.1. The molecule has 3 heteroatoms. The molecule has 1 atom stereocenters. The summed E-state index contributed by atoms with van der Waals surface area (Å²) < 4.78 is 0. The summed E-state index contributed by atoms with van der Waals surface area (Å²) in [5.74, 6) is 0.327. The molecule has 4 rings (SSSR count). The molecule has 1 saturated heterocycles. The molecule has 3 aromatic rings. The lowest BCUT2D eigenvalue weighted by Gasteiger charge is -2.40. The summed E-state index contributed by atoms with van der Waals surface area (Å²) in [6.07, 6.45) is 1.94. The number of likely N-dealkylation sites (tertiary alicyclic amines) is 1. The van der Waals surface area contributed by atoms with Crippen LogP contribution in [0.1, 0.15) is 35.1 Å². The van der Waals surface area contributed by atoms with Crippen molar-refractivity contribution in [1.29, 1.82) is 0 Å². The molecule has 3 aromatic carbocycles. The van der Waals surface area contributed by atoms with Crippen molar-refractivity contribution >= 4 is 0 Å². The van der Waals surface area contributed by atoms with Crippen LogP contribution in [0.5, 0.6) is 5.75 Å². The quantitative estimate of drug-likeness (QED) is 0.687. The molecule has 1 fully saturated rings. The molecular formula is C25H27NO2. The Balaban J connectivity index is 1.76.